The molecule has 1 heterocycles. The van der Waals surface area contributed by atoms with Crippen molar-refractivity contribution in [3.63, 3.8) is 0 Å². The van der Waals surface area contributed by atoms with E-state index in [2.05, 4.69) is 15.9 Å². The SMILES string of the molecule is CC(C)(C)OC(=O)N1CC[C@@H](S(=O)(=O)c2ccc(Br)cc2)C1. The van der Waals surface area contributed by atoms with Crippen LogP contribution < -0.4 is 0 Å². The first kappa shape index (κ1) is 17.3. The lowest BCUT2D eigenvalue weighted by Crippen LogP contribution is -2.36. The maximum Gasteiger partial charge on any atom is 0.410 e. The molecule has 5 nitrogen and oxygen atoms in total. The van der Waals surface area contributed by atoms with Gasteiger partial charge >= 0.3 is 6.09 Å². The highest BCUT2D eigenvalue weighted by atomic mass is 79.9. The quantitative estimate of drug-likeness (QED) is 0.778. The van der Waals surface area contributed by atoms with Crippen LogP contribution in [0.2, 0.25) is 0 Å². The molecule has 1 aliphatic heterocycles. The molecule has 0 N–H and O–H groups in total. The molecular weight excluding hydrogens is 370 g/mol. The lowest BCUT2D eigenvalue weighted by molar-refractivity contribution is 0.0295. The zero-order valence-corrected chi connectivity index (χ0v) is 15.3. The van der Waals surface area contributed by atoms with Crippen molar-refractivity contribution in [3.8, 4) is 0 Å². The Balaban J connectivity index is 2.09. The molecule has 1 amide bonds. The molecule has 0 aromatic heterocycles. The molecule has 0 bridgehead atoms. The van der Waals surface area contributed by atoms with Crippen molar-refractivity contribution in [1.29, 1.82) is 0 Å². The lowest BCUT2D eigenvalue weighted by atomic mass is 10.2. The number of rotatable bonds is 2. The highest BCUT2D eigenvalue weighted by Gasteiger charge is 2.37. The minimum Gasteiger partial charge on any atom is -0.444 e. The van der Waals surface area contributed by atoms with Gasteiger partial charge in [0.25, 0.3) is 0 Å². The average Bonchev–Trinajstić information content (AvgIpc) is 2.87. The van der Waals surface area contributed by atoms with Crippen LogP contribution in [0.25, 0.3) is 0 Å². The molecule has 1 fully saturated rings. The lowest BCUT2D eigenvalue weighted by Gasteiger charge is -2.24. The molecule has 2 rings (SSSR count). The molecule has 122 valence electrons. The summed E-state index contributed by atoms with van der Waals surface area (Å²) < 4.78 is 31.3. The van der Waals surface area contributed by atoms with E-state index in [-0.39, 0.29) is 11.4 Å². The van der Waals surface area contributed by atoms with E-state index >= 15 is 0 Å². The topological polar surface area (TPSA) is 63.7 Å². The Morgan fingerprint density at radius 2 is 1.86 bits per heavy atom. The third kappa shape index (κ3) is 4.01. The molecule has 22 heavy (non-hydrogen) atoms. The predicted octanol–water partition coefficient (Wildman–Crippen LogP) is 3.23. The van der Waals surface area contributed by atoms with Gasteiger partial charge in [0.1, 0.15) is 5.60 Å². The molecule has 1 aliphatic rings. The Hall–Kier alpha value is -1.08. The van der Waals surface area contributed by atoms with E-state index in [1.54, 1.807) is 45.0 Å². The van der Waals surface area contributed by atoms with Crippen molar-refractivity contribution in [1.82, 2.24) is 4.90 Å². The van der Waals surface area contributed by atoms with Crippen molar-refractivity contribution in [2.75, 3.05) is 13.1 Å². The molecule has 1 atom stereocenters. The second kappa shape index (κ2) is 6.20. The monoisotopic (exact) mass is 389 g/mol. The molecule has 0 unspecified atom stereocenters. The van der Waals surface area contributed by atoms with E-state index in [9.17, 15) is 13.2 Å². The van der Waals surface area contributed by atoms with Gasteiger partial charge in [0, 0.05) is 17.6 Å². The van der Waals surface area contributed by atoms with E-state index < -0.39 is 26.8 Å². The normalized spacial score (nSPS) is 19.3. The van der Waals surface area contributed by atoms with E-state index in [0.29, 0.717) is 13.0 Å². The molecule has 1 aromatic rings. The number of sulfone groups is 1. The van der Waals surface area contributed by atoms with Gasteiger partial charge in [0.05, 0.1) is 10.1 Å². The zero-order chi connectivity index (χ0) is 16.5. The smallest absolute Gasteiger partial charge is 0.410 e. The van der Waals surface area contributed by atoms with Crippen LogP contribution >= 0.6 is 15.9 Å². The first-order valence-electron chi connectivity index (χ1n) is 7.07. The van der Waals surface area contributed by atoms with Gasteiger partial charge in [-0.15, -0.1) is 0 Å². The summed E-state index contributed by atoms with van der Waals surface area (Å²) in [6, 6.07) is 6.56. The van der Waals surface area contributed by atoms with Crippen LogP contribution in [-0.4, -0.2) is 43.4 Å². The van der Waals surface area contributed by atoms with Gasteiger partial charge in [-0.05, 0) is 51.5 Å². The van der Waals surface area contributed by atoms with Gasteiger partial charge in [0.15, 0.2) is 9.84 Å². The second-order valence-corrected chi connectivity index (χ2v) is 9.48. The van der Waals surface area contributed by atoms with E-state index in [0.717, 1.165) is 4.47 Å². The number of benzene rings is 1. The molecule has 0 aliphatic carbocycles. The summed E-state index contributed by atoms with van der Waals surface area (Å²) in [6.45, 7) is 5.94. The molecular formula is C15H20BrNO4S. The molecule has 0 saturated carbocycles. The molecule has 0 spiro atoms. The minimum atomic E-state index is -3.44. The van der Waals surface area contributed by atoms with Gasteiger partial charge in [-0.2, -0.15) is 0 Å². The van der Waals surface area contributed by atoms with Crippen molar-refractivity contribution in [2.24, 2.45) is 0 Å². The van der Waals surface area contributed by atoms with Crippen molar-refractivity contribution in [3.05, 3.63) is 28.7 Å². The van der Waals surface area contributed by atoms with E-state index in [1.165, 1.54) is 4.90 Å². The molecule has 1 aromatic carbocycles. The number of hydrogen-bond acceptors (Lipinski definition) is 4. The Kier molecular flexibility index (Phi) is 4.87. The van der Waals surface area contributed by atoms with Gasteiger partial charge in [0.2, 0.25) is 0 Å². The van der Waals surface area contributed by atoms with Crippen LogP contribution in [0.4, 0.5) is 4.79 Å². The van der Waals surface area contributed by atoms with Crippen LogP contribution in [0.5, 0.6) is 0 Å². The number of carbonyl (C=O) groups excluding carboxylic acids is 1. The fourth-order valence-corrected chi connectivity index (χ4v) is 4.25. The first-order valence-corrected chi connectivity index (χ1v) is 9.41. The number of carbonyl (C=O) groups is 1. The van der Waals surface area contributed by atoms with Gasteiger partial charge in [-0.3, -0.25) is 0 Å². The fourth-order valence-electron chi connectivity index (χ4n) is 2.29. The summed E-state index contributed by atoms with van der Waals surface area (Å²) >= 11 is 3.29. The summed E-state index contributed by atoms with van der Waals surface area (Å²) in [5.74, 6) is 0. The number of nitrogens with zero attached hydrogens (tertiary/aromatic N) is 1. The molecule has 7 heteroatoms. The van der Waals surface area contributed by atoms with Crippen LogP contribution in [0.1, 0.15) is 27.2 Å². The summed E-state index contributed by atoms with van der Waals surface area (Å²) in [5, 5.41) is -0.582. The standard InChI is InChI=1S/C15H20BrNO4S/c1-15(2,3)21-14(18)17-9-8-13(10-17)22(19,20)12-6-4-11(16)5-7-12/h4-7,13H,8-10H2,1-3H3/t13-/m1/s1. The number of hydrogen-bond donors (Lipinski definition) is 0. The zero-order valence-electron chi connectivity index (χ0n) is 12.9. The maximum atomic E-state index is 12.6. The summed E-state index contributed by atoms with van der Waals surface area (Å²) in [5.41, 5.74) is -0.584. The Bertz CT molecular complexity index is 649. The van der Waals surface area contributed by atoms with Gasteiger partial charge in [-0.25, -0.2) is 13.2 Å². The third-order valence-corrected chi connectivity index (χ3v) is 6.10. The van der Waals surface area contributed by atoms with Gasteiger partial charge in [-0.1, -0.05) is 15.9 Å². The van der Waals surface area contributed by atoms with Crippen LogP contribution in [0.15, 0.2) is 33.6 Å². The maximum absolute atomic E-state index is 12.6. The fraction of sp³-hybridized carbons (Fsp3) is 0.533. The average molecular weight is 390 g/mol. The Labute approximate surface area is 139 Å². The Morgan fingerprint density at radius 3 is 2.41 bits per heavy atom. The highest BCUT2D eigenvalue weighted by molar-refractivity contribution is 9.10. The summed E-state index contributed by atoms with van der Waals surface area (Å²) in [7, 11) is -3.44. The van der Waals surface area contributed by atoms with E-state index in [4.69, 9.17) is 4.74 Å². The number of likely N-dealkylation sites (tertiary alicyclic amines) is 1. The summed E-state index contributed by atoms with van der Waals surface area (Å²) in [4.78, 5) is 13.8. The van der Waals surface area contributed by atoms with Gasteiger partial charge < -0.3 is 9.64 Å². The third-order valence-electron chi connectivity index (χ3n) is 3.38. The first-order chi connectivity index (χ1) is 10.1. The number of ether oxygens (including phenoxy) is 1. The number of amides is 1. The predicted molar refractivity (Wildman–Crippen MR) is 87.5 cm³/mol. The van der Waals surface area contributed by atoms with Crippen LogP contribution in [0, 0.1) is 0 Å². The van der Waals surface area contributed by atoms with Crippen LogP contribution in [-0.2, 0) is 14.6 Å². The molecule has 1 saturated heterocycles. The Morgan fingerprint density at radius 1 is 1.27 bits per heavy atom. The van der Waals surface area contributed by atoms with E-state index in [1.807, 2.05) is 0 Å². The molecule has 0 radical (unpaired) electrons. The largest absolute Gasteiger partial charge is 0.444 e. The van der Waals surface area contributed by atoms with Crippen molar-refractivity contribution >= 4 is 31.9 Å². The van der Waals surface area contributed by atoms with Crippen LogP contribution in [0.3, 0.4) is 0 Å². The number of halogens is 1. The highest BCUT2D eigenvalue weighted by Crippen LogP contribution is 2.26. The summed E-state index contributed by atoms with van der Waals surface area (Å²) in [6.07, 6.45) is -0.0292. The minimum absolute atomic E-state index is 0.174. The second-order valence-electron chi connectivity index (χ2n) is 6.34. The van der Waals surface area contributed by atoms with Crippen molar-refractivity contribution < 1.29 is 17.9 Å². The van der Waals surface area contributed by atoms with Crippen molar-refractivity contribution in [2.45, 2.75) is 42.9 Å².